The summed E-state index contributed by atoms with van der Waals surface area (Å²) in [6.45, 7) is 1.95. The number of hydrogen-bond donors (Lipinski definition) is 0. The van der Waals surface area contributed by atoms with Crippen LogP contribution in [0, 0.1) is 6.92 Å². The van der Waals surface area contributed by atoms with Gasteiger partial charge in [0, 0.05) is 15.9 Å². The highest BCUT2D eigenvalue weighted by Crippen LogP contribution is 2.49. The third-order valence-electron chi connectivity index (χ3n) is 6.36. The zero-order chi connectivity index (χ0) is 25.7. The van der Waals surface area contributed by atoms with Crippen LogP contribution in [-0.4, -0.2) is 8.42 Å². The summed E-state index contributed by atoms with van der Waals surface area (Å²) < 4.78 is 32.4. The van der Waals surface area contributed by atoms with Gasteiger partial charge in [0.25, 0.3) is 0 Å². The molecule has 5 heteroatoms. The first-order chi connectivity index (χ1) is 18.0. The Labute approximate surface area is 219 Å². The van der Waals surface area contributed by atoms with Gasteiger partial charge in [0.15, 0.2) is 9.84 Å². The Hall–Kier alpha value is -3.72. The number of benzene rings is 5. The van der Waals surface area contributed by atoms with Crippen molar-refractivity contribution >= 4 is 38.5 Å². The van der Waals surface area contributed by atoms with E-state index in [2.05, 4.69) is 36.4 Å². The smallest absolute Gasteiger partial charge is 0.182 e. The lowest BCUT2D eigenvalue weighted by Crippen LogP contribution is -2.25. The van der Waals surface area contributed by atoms with Crippen LogP contribution in [0.1, 0.15) is 11.1 Å². The van der Waals surface area contributed by atoms with Gasteiger partial charge < -0.3 is 0 Å². The summed E-state index contributed by atoms with van der Waals surface area (Å²) in [5, 5.41) is 3.34. The summed E-state index contributed by atoms with van der Waals surface area (Å²) in [5.41, 5.74) is 2.41. The van der Waals surface area contributed by atoms with Crippen LogP contribution in [0.4, 0.5) is 5.69 Å². The van der Waals surface area contributed by atoms with Crippen LogP contribution in [0.2, 0.25) is 0 Å². The molecule has 0 saturated carbocycles. The molecular formula is C32H28NO2PS. The van der Waals surface area contributed by atoms with Crippen molar-refractivity contribution in [3.63, 3.8) is 0 Å². The topological polar surface area (TPSA) is 46.5 Å². The molecule has 0 amide bonds. The van der Waals surface area contributed by atoms with E-state index in [1.165, 1.54) is 0 Å². The van der Waals surface area contributed by atoms with Gasteiger partial charge in [-0.1, -0.05) is 127 Å². The summed E-state index contributed by atoms with van der Waals surface area (Å²) >= 11 is 0. The first-order valence-electron chi connectivity index (χ1n) is 12.2. The molecule has 0 atom stereocenters. The first kappa shape index (κ1) is 25.0. The molecule has 0 radical (unpaired) electrons. The minimum absolute atomic E-state index is 0.117. The van der Waals surface area contributed by atoms with Gasteiger partial charge in [-0.05, 0) is 30.7 Å². The summed E-state index contributed by atoms with van der Waals surface area (Å²) in [4.78, 5) is 0.322. The lowest BCUT2D eigenvalue weighted by atomic mass is 10.2. The van der Waals surface area contributed by atoms with Gasteiger partial charge in [0.05, 0.1) is 23.4 Å². The molecule has 0 saturated heterocycles. The van der Waals surface area contributed by atoms with E-state index in [1.807, 2.05) is 97.9 Å². The van der Waals surface area contributed by atoms with Crippen molar-refractivity contribution in [2.24, 2.45) is 4.74 Å². The second kappa shape index (κ2) is 10.7. The van der Waals surface area contributed by atoms with E-state index in [-0.39, 0.29) is 5.75 Å². The van der Waals surface area contributed by atoms with Crippen molar-refractivity contribution in [2.45, 2.75) is 17.6 Å². The summed E-state index contributed by atoms with van der Waals surface area (Å²) in [6.07, 6.45) is 0. The van der Waals surface area contributed by atoms with Gasteiger partial charge in [-0.15, -0.1) is 0 Å². The van der Waals surface area contributed by atoms with E-state index >= 15 is 0 Å². The van der Waals surface area contributed by atoms with Crippen LogP contribution >= 0.6 is 7.05 Å². The molecule has 3 nitrogen and oxygen atoms in total. The van der Waals surface area contributed by atoms with Gasteiger partial charge in [-0.3, -0.25) is 4.74 Å². The maximum Gasteiger partial charge on any atom is 0.182 e. The zero-order valence-corrected chi connectivity index (χ0v) is 22.3. The molecule has 0 bridgehead atoms. The quantitative estimate of drug-likeness (QED) is 0.222. The van der Waals surface area contributed by atoms with Crippen LogP contribution in [0.5, 0.6) is 0 Å². The van der Waals surface area contributed by atoms with Gasteiger partial charge in [-0.25, -0.2) is 8.42 Å². The van der Waals surface area contributed by atoms with E-state index in [9.17, 15) is 8.42 Å². The highest BCUT2D eigenvalue weighted by atomic mass is 32.2. The van der Waals surface area contributed by atoms with Crippen molar-refractivity contribution < 1.29 is 8.42 Å². The largest absolute Gasteiger partial charge is 0.254 e. The minimum atomic E-state index is -3.55. The fourth-order valence-corrected chi connectivity index (χ4v) is 9.42. The second-order valence-electron chi connectivity index (χ2n) is 8.94. The van der Waals surface area contributed by atoms with Crippen molar-refractivity contribution in [2.75, 3.05) is 0 Å². The molecule has 37 heavy (non-hydrogen) atoms. The predicted octanol–water partition coefficient (Wildman–Crippen LogP) is 6.78. The minimum Gasteiger partial charge on any atom is -0.254 e. The maximum absolute atomic E-state index is 13.4. The Morgan fingerprint density at radius 2 is 1.00 bits per heavy atom. The van der Waals surface area contributed by atoms with Crippen LogP contribution < -0.4 is 15.9 Å². The molecule has 184 valence electrons. The average molecular weight is 522 g/mol. The molecule has 0 unspecified atom stereocenters. The van der Waals surface area contributed by atoms with E-state index in [0.717, 1.165) is 21.5 Å². The molecular weight excluding hydrogens is 493 g/mol. The number of rotatable bonds is 7. The van der Waals surface area contributed by atoms with Crippen molar-refractivity contribution in [3.05, 3.63) is 151 Å². The van der Waals surface area contributed by atoms with Crippen LogP contribution in [0.3, 0.4) is 0 Å². The Morgan fingerprint density at radius 1 is 0.568 bits per heavy atom. The average Bonchev–Trinajstić information content (AvgIpc) is 2.94. The lowest BCUT2D eigenvalue weighted by molar-refractivity contribution is 0.595. The highest BCUT2D eigenvalue weighted by molar-refractivity contribution is 7.90. The Morgan fingerprint density at radius 3 is 1.49 bits per heavy atom. The Kier molecular flexibility index (Phi) is 7.23. The molecule has 0 aliphatic rings. The van der Waals surface area contributed by atoms with Gasteiger partial charge >= 0.3 is 0 Å². The van der Waals surface area contributed by atoms with E-state index in [1.54, 1.807) is 12.1 Å². The molecule has 5 aromatic carbocycles. The monoisotopic (exact) mass is 521 g/mol. The van der Waals surface area contributed by atoms with Crippen LogP contribution in [0.15, 0.2) is 149 Å². The molecule has 0 spiro atoms. The lowest BCUT2D eigenvalue weighted by Gasteiger charge is -2.27. The molecule has 0 fully saturated rings. The molecule has 0 heterocycles. The normalized spacial score (nSPS) is 11.7. The first-order valence-corrected chi connectivity index (χ1v) is 15.5. The third kappa shape index (κ3) is 5.22. The molecule has 0 aliphatic heterocycles. The van der Waals surface area contributed by atoms with E-state index in [4.69, 9.17) is 4.74 Å². The van der Waals surface area contributed by atoms with Crippen LogP contribution in [-0.2, 0) is 15.6 Å². The Bertz CT molecular complexity index is 1550. The van der Waals surface area contributed by atoms with E-state index < -0.39 is 16.9 Å². The van der Waals surface area contributed by atoms with E-state index in [0.29, 0.717) is 16.1 Å². The fraction of sp³-hybridized carbons (Fsp3) is 0.0625. The fourth-order valence-electron chi connectivity index (χ4n) is 4.48. The molecule has 0 N–H and O–H groups in total. The maximum atomic E-state index is 13.4. The number of nitrogens with zero attached hydrogens (tertiary/aromatic N) is 1. The van der Waals surface area contributed by atoms with Crippen molar-refractivity contribution in [1.29, 1.82) is 0 Å². The summed E-state index contributed by atoms with van der Waals surface area (Å²) in [5.74, 6) is -0.117. The molecule has 0 aliphatic carbocycles. The molecule has 5 aromatic rings. The SMILES string of the molecule is Cc1ccc(S(=O)(=O)Cc2ccccc2N=P(c2ccccc2)(c2ccccc2)c2ccccc2)cc1. The summed E-state index contributed by atoms with van der Waals surface area (Å²) in [6, 6.07) is 45.7. The van der Waals surface area contributed by atoms with Crippen LogP contribution in [0.25, 0.3) is 0 Å². The van der Waals surface area contributed by atoms with Crippen molar-refractivity contribution in [1.82, 2.24) is 0 Å². The number of aryl methyl sites for hydroxylation is 1. The third-order valence-corrected chi connectivity index (χ3v) is 11.7. The van der Waals surface area contributed by atoms with Gasteiger partial charge in [0.2, 0.25) is 0 Å². The second-order valence-corrected chi connectivity index (χ2v) is 14.0. The molecule has 0 aromatic heterocycles. The zero-order valence-electron chi connectivity index (χ0n) is 20.6. The summed E-state index contributed by atoms with van der Waals surface area (Å²) in [7, 11) is -6.07. The van der Waals surface area contributed by atoms with Gasteiger partial charge in [-0.2, -0.15) is 0 Å². The molecule has 5 rings (SSSR count). The predicted molar refractivity (Wildman–Crippen MR) is 156 cm³/mol. The number of sulfone groups is 1. The highest BCUT2D eigenvalue weighted by Gasteiger charge is 2.28. The standard InChI is InChI=1S/C32H28NO2PS/c1-26-21-23-31(24-22-26)37(34,35)25-27-13-11-12-20-32(27)33-36(28-14-5-2-6-15-28,29-16-7-3-8-17-29)30-18-9-4-10-19-30/h2-24H,25H2,1H3. The van der Waals surface area contributed by atoms with Crippen molar-refractivity contribution in [3.8, 4) is 0 Å². The number of hydrogen-bond acceptors (Lipinski definition) is 3. The van der Waals surface area contributed by atoms with Gasteiger partial charge in [0.1, 0.15) is 0 Å². The Balaban J connectivity index is 1.76.